The molecule has 0 atom stereocenters. The van der Waals surface area contributed by atoms with Crippen molar-refractivity contribution < 1.29 is 23.0 Å². The lowest BCUT2D eigenvalue weighted by Gasteiger charge is -2.11. The minimum atomic E-state index is -4.74. The summed E-state index contributed by atoms with van der Waals surface area (Å²) < 4.78 is 40.2. The van der Waals surface area contributed by atoms with Crippen LogP contribution in [-0.4, -0.2) is 40.8 Å². The maximum Gasteiger partial charge on any atom is 0.573 e. The van der Waals surface area contributed by atoms with Gasteiger partial charge in [0.25, 0.3) is 0 Å². The zero-order chi connectivity index (χ0) is 17.6. The van der Waals surface area contributed by atoms with Crippen LogP contribution in [0.25, 0.3) is 0 Å². The number of nitrogens with one attached hydrogen (secondary N) is 1. The number of hydrogen-bond acceptors (Lipinski definition) is 7. The summed E-state index contributed by atoms with van der Waals surface area (Å²) in [6.07, 6.45) is -2.09. The van der Waals surface area contributed by atoms with Crippen LogP contribution in [0.3, 0.4) is 0 Å². The lowest BCUT2D eigenvalue weighted by Crippen LogP contribution is -2.17. The predicted molar refractivity (Wildman–Crippen MR) is 82.4 cm³/mol. The van der Waals surface area contributed by atoms with Gasteiger partial charge in [-0.2, -0.15) is 0 Å². The van der Waals surface area contributed by atoms with Crippen LogP contribution in [0.15, 0.2) is 35.6 Å². The minimum Gasteiger partial charge on any atom is -0.406 e. The second-order valence-corrected chi connectivity index (χ2v) is 4.48. The Balaban J connectivity index is 2.17. The van der Waals surface area contributed by atoms with Gasteiger partial charge in [0, 0.05) is 11.9 Å². The summed E-state index contributed by atoms with van der Waals surface area (Å²) in [5.41, 5.74) is 6.64. The maximum atomic E-state index is 12.1. The Bertz CT molecular complexity index is 705. The summed E-state index contributed by atoms with van der Waals surface area (Å²) in [5.74, 6) is 0.167. The van der Waals surface area contributed by atoms with Crippen molar-refractivity contribution in [2.45, 2.75) is 6.36 Å². The number of aromatic nitrogens is 2. The van der Waals surface area contributed by atoms with E-state index in [0.29, 0.717) is 17.1 Å². The normalized spacial score (nSPS) is 11.7. The molecule has 24 heavy (non-hydrogen) atoms. The van der Waals surface area contributed by atoms with Crippen LogP contribution in [0.4, 0.5) is 30.5 Å². The molecule has 0 aliphatic heterocycles. The molecule has 0 unspecified atom stereocenters. The van der Waals surface area contributed by atoms with Crippen molar-refractivity contribution >= 4 is 23.5 Å². The molecule has 0 aliphatic rings. The predicted octanol–water partition coefficient (Wildman–Crippen LogP) is 2.11. The summed E-state index contributed by atoms with van der Waals surface area (Å²) in [5, 5.41) is 11.6. The lowest BCUT2D eigenvalue weighted by molar-refractivity contribution is -0.274. The Morgan fingerprint density at radius 2 is 1.96 bits per heavy atom. The average Bonchev–Trinajstić information content (AvgIpc) is 2.50. The molecule has 1 aromatic carbocycles. The molecule has 128 valence electrons. The fourth-order valence-corrected chi connectivity index (χ4v) is 1.73. The highest BCUT2D eigenvalue weighted by molar-refractivity contribution is 5.92. The Labute approximate surface area is 135 Å². The summed E-state index contributed by atoms with van der Waals surface area (Å²) >= 11 is 0. The second-order valence-electron chi connectivity index (χ2n) is 4.48. The Kier molecular flexibility index (Phi) is 5.53. The van der Waals surface area contributed by atoms with Gasteiger partial charge in [0.05, 0.1) is 18.7 Å². The molecule has 0 amide bonds. The fraction of sp³-hybridized carbons (Fsp3) is 0.214. The van der Waals surface area contributed by atoms with E-state index in [9.17, 15) is 13.2 Å². The van der Waals surface area contributed by atoms with Crippen molar-refractivity contribution in [1.82, 2.24) is 9.97 Å². The third-order valence-corrected chi connectivity index (χ3v) is 2.71. The van der Waals surface area contributed by atoms with Gasteiger partial charge in [0.2, 0.25) is 0 Å². The van der Waals surface area contributed by atoms with Crippen LogP contribution in [0.2, 0.25) is 0 Å². The molecule has 0 saturated heterocycles. The van der Waals surface area contributed by atoms with Crippen molar-refractivity contribution in [2.75, 3.05) is 24.2 Å². The van der Waals surface area contributed by atoms with E-state index in [1.54, 1.807) is 0 Å². The van der Waals surface area contributed by atoms with E-state index in [-0.39, 0.29) is 24.7 Å². The van der Waals surface area contributed by atoms with Crippen LogP contribution in [-0.2, 0) is 0 Å². The van der Waals surface area contributed by atoms with Gasteiger partial charge in [-0.05, 0) is 24.3 Å². The molecule has 1 heterocycles. The topological polar surface area (TPSA) is 106 Å². The quantitative estimate of drug-likeness (QED) is 0.695. The second kappa shape index (κ2) is 7.59. The number of hydrogen-bond donors (Lipinski definition) is 3. The molecule has 4 N–H and O–H groups in total. The number of nitrogens with zero attached hydrogens (tertiary/aromatic N) is 3. The zero-order valence-electron chi connectivity index (χ0n) is 12.3. The first-order valence-electron chi connectivity index (χ1n) is 6.73. The van der Waals surface area contributed by atoms with Crippen molar-refractivity contribution in [2.24, 2.45) is 4.99 Å². The van der Waals surface area contributed by atoms with Crippen LogP contribution < -0.4 is 15.8 Å². The summed E-state index contributed by atoms with van der Waals surface area (Å²) in [4.78, 5) is 11.8. The third kappa shape index (κ3) is 5.09. The largest absolute Gasteiger partial charge is 0.573 e. The zero-order valence-corrected chi connectivity index (χ0v) is 12.3. The van der Waals surface area contributed by atoms with Gasteiger partial charge in [-0.15, -0.1) is 13.2 Å². The van der Waals surface area contributed by atoms with Crippen molar-refractivity contribution in [3.8, 4) is 5.75 Å². The summed E-state index contributed by atoms with van der Waals surface area (Å²) in [7, 11) is 0. The van der Waals surface area contributed by atoms with E-state index in [1.807, 2.05) is 0 Å². The number of aliphatic imine (C=N–C) groups is 1. The van der Waals surface area contributed by atoms with Crippen LogP contribution in [0.1, 0.15) is 5.56 Å². The number of aliphatic hydroxyl groups excluding tert-OH is 1. The average molecular weight is 341 g/mol. The standard InChI is InChI=1S/C14H14F3N5O2/c15-14(16,17)24-10-3-1-9(2-4-10)22-13-11(7-19-5-6-23)12(18)20-8-21-13/h1-4,7-8,23H,5-6H2,(H3,18,20,21,22). The third-order valence-electron chi connectivity index (χ3n) is 2.71. The first-order valence-corrected chi connectivity index (χ1v) is 6.73. The number of halogens is 3. The Morgan fingerprint density at radius 1 is 1.25 bits per heavy atom. The van der Waals surface area contributed by atoms with E-state index in [2.05, 4.69) is 25.0 Å². The Hall–Kier alpha value is -2.88. The van der Waals surface area contributed by atoms with Gasteiger partial charge >= 0.3 is 6.36 Å². The SMILES string of the molecule is Nc1ncnc(Nc2ccc(OC(F)(F)F)cc2)c1C=NCCO. The van der Waals surface area contributed by atoms with Crippen LogP contribution in [0.5, 0.6) is 5.75 Å². The van der Waals surface area contributed by atoms with Crippen molar-refractivity contribution in [3.63, 3.8) is 0 Å². The number of benzene rings is 1. The smallest absolute Gasteiger partial charge is 0.406 e. The highest BCUT2D eigenvalue weighted by Gasteiger charge is 2.30. The number of nitrogen functional groups attached to an aromatic ring is 1. The molecular formula is C14H14F3N5O2. The highest BCUT2D eigenvalue weighted by atomic mass is 19.4. The maximum absolute atomic E-state index is 12.1. The fourth-order valence-electron chi connectivity index (χ4n) is 1.73. The van der Waals surface area contributed by atoms with E-state index in [0.717, 1.165) is 0 Å². The lowest BCUT2D eigenvalue weighted by atomic mass is 10.2. The number of rotatable bonds is 6. The minimum absolute atomic E-state index is 0.118. The molecule has 10 heteroatoms. The van der Waals surface area contributed by atoms with E-state index in [4.69, 9.17) is 10.8 Å². The highest BCUT2D eigenvalue weighted by Crippen LogP contribution is 2.26. The van der Waals surface area contributed by atoms with Crippen molar-refractivity contribution in [3.05, 3.63) is 36.2 Å². The van der Waals surface area contributed by atoms with Gasteiger partial charge in [-0.25, -0.2) is 9.97 Å². The molecule has 0 fully saturated rings. The first kappa shape index (κ1) is 17.5. The molecule has 0 bridgehead atoms. The van der Waals surface area contributed by atoms with Gasteiger partial charge in [-0.3, -0.25) is 4.99 Å². The molecule has 0 radical (unpaired) electrons. The Morgan fingerprint density at radius 3 is 2.58 bits per heavy atom. The van der Waals surface area contributed by atoms with Gasteiger partial charge in [-0.1, -0.05) is 0 Å². The van der Waals surface area contributed by atoms with Gasteiger partial charge in [0.15, 0.2) is 0 Å². The molecule has 7 nitrogen and oxygen atoms in total. The molecule has 0 spiro atoms. The number of nitrogens with two attached hydrogens (primary N) is 1. The molecule has 0 saturated carbocycles. The number of alkyl halides is 3. The van der Waals surface area contributed by atoms with E-state index < -0.39 is 6.36 Å². The number of anilines is 3. The van der Waals surface area contributed by atoms with Crippen molar-refractivity contribution in [1.29, 1.82) is 0 Å². The van der Waals surface area contributed by atoms with Crippen LogP contribution in [0, 0.1) is 0 Å². The molecule has 2 rings (SSSR count). The first-order chi connectivity index (χ1) is 11.4. The van der Waals surface area contributed by atoms with E-state index in [1.165, 1.54) is 36.8 Å². The molecular weight excluding hydrogens is 327 g/mol. The molecule has 1 aromatic heterocycles. The number of ether oxygens (including phenoxy) is 1. The van der Waals surface area contributed by atoms with E-state index >= 15 is 0 Å². The summed E-state index contributed by atoms with van der Waals surface area (Å²) in [6, 6.07) is 5.13. The van der Waals surface area contributed by atoms with Gasteiger partial charge in [0.1, 0.15) is 23.7 Å². The van der Waals surface area contributed by atoms with Gasteiger partial charge < -0.3 is 20.9 Å². The van der Waals surface area contributed by atoms with Crippen LogP contribution >= 0.6 is 0 Å². The molecule has 2 aromatic rings. The monoisotopic (exact) mass is 341 g/mol. The molecule has 0 aliphatic carbocycles. The summed E-state index contributed by atoms with van der Waals surface area (Å²) in [6.45, 7) is 0.0742. The number of aliphatic hydroxyl groups is 1.